The van der Waals surface area contributed by atoms with Gasteiger partial charge in [0.15, 0.2) is 0 Å². The van der Waals surface area contributed by atoms with E-state index in [0.717, 1.165) is 25.9 Å². The molecule has 0 saturated carbocycles. The number of rotatable bonds is 3. The molecule has 1 aromatic rings. The lowest BCUT2D eigenvalue weighted by Crippen LogP contribution is -2.30. The van der Waals surface area contributed by atoms with Crippen molar-refractivity contribution in [1.29, 1.82) is 0 Å². The molecule has 92 valence electrons. The molecular formula is C12H16ClN3O. The van der Waals surface area contributed by atoms with E-state index in [1.807, 2.05) is 0 Å². The Morgan fingerprint density at radius 2 is 2.29 bits per heavy atom. The summed E-state index contributed by atoms with van der Waals surface area (Å²) in [5, 5.41) is 6.64. The molecule has 0 unspecified atom stereocenters. The molecule has 17 heavy (non-hydrogen) atoms. The smallest absolute Gasteiger partial charge is 0.225 e. The van der Waals surface area contributed by atoms with Crippen LogP contribution in [0.2, 0.25) is 5.02 Å². The van der Waals surface area contributed by atoms with Crippen molar-refractivity contribution in [3.8, 4) is 0 Å². The summed E-state index contributed by atoms with van der Waals surface area (Å²) in [5.41, 5.74) is 0. The van der Waals surface area contributed by atoms with Crippen LogP contribution in [0.1, 0.15) is 19.3 Å². The Hall–Kier alpha value is -1.13. The molecule has 0 radical (unpaired) electrons. The van der Waals surface area contributed by atoms with E-state index in [9.17, 15) is 4.79 Å². The van der Waals surface area contributed by atoms with E-state index in [0.29, 0.717) is 23.2 Å². The quantitative estimate of drug-likeness (QED) is 0.867. The van der Waals surface area contributed by atoms with Gasteiger partial charge in [0.1, 0.15) is 5.82 Å². The monoisotopic (exact) mass is 253 g/mol. The van der Waals surface area contributed by atoms with Gasteiger partial charge in [0.25, 0.3) is 0 Å². The number of carbonyl (C=O) groups is 1. The predicted molar refractivity (Wildman–Crippen MR) is 68.1 cm³/mol. The van der Waals surface area contributed by atoms with Crippen LogP contribution in [0, 0.1) is 5.92 Å². The summed E-state index contributed by atoms with van der Waals surface area (Å²) < 4.78 is 0. The lowest BCUT2D eigenvalue weighted by atomic mass is 9.94. The molecule has 1 fully saturated rings. The molecule has 1 aliphatic heterocycles. The summed E-state index contributed by atoms with van der Waals surface area (Å²) in [6.45, 7) is 2.01. The standard InChI is InChI=1S/C12H16ClN3O/c13-10-3-6-15-11(8-10)16-12(17)7-9-1-4-14-5-2-9/h3,6,8-9,14H,1-2,4-5,7H2,(H,15,16,17). The van der Waals surface area contributed by atoms with Crippen LogP contribution in [0.3, 0.4) is 0 Å². The topological polar surface area (TPSA) is 54.0 Å². The molecule has 0 atom stereocenters. The molecule has 4 nitrogen and oxygen atoms in total. The fourth-order valence-electron chi connectivity index (χ4n) is 2.02. The molecule has 2 heterocycles. The number of nitrogens with zero attached hydrogens (tertiary/aromatic N) is 1. The number of halogens is 1. The molecule has 1 saturated heterocycles. The zero-order chi connectivity index (χ0) is 12.1. The van der Waals surface area contributed by atoms with Crippen LogP contribution < -0.4 is 10.6 Å². The van der Waals surface area contributed by atoms with Crippen molar-refractivity contribution < 1.29 is 4.79 Å². The molecule has 2 N–H and O–H groups in total. The number of carbonyl (C=O) groups excluding carboxylic acids is 1. The van der Waals surface area contributed by atoms with E-state index in [-0.39, 0.29) is 5.91 Å². The van der Waals surface area contributed by atoms with E-state index in [2.05, 4.69) is 15.6 Å². The van der Waals surface area contributed by atoms with Crippen molar-refractivity contribution in [2.75, 3.05) is 18.4 Å². The zero-order valence-corrected chi connectivity index (χ0v) is 10.3. The average molecular weight is 254 g/mol. The maximum Gasteiger partial charge on any atom is 0.225 e. The molecular weight excluding hydrogens is 238 g/mol. The number of anilines is 1. The lowest BCUT2D eigenvalue weighted by molar-refractivity contribution is -0.117. The number of aromatic nitrogens is 1. The summed E-state index contributed by atoms with van der Waals surface area (Å²) >= 11 is 5.82. The minimum atomic E-state index is 0.0201. The molecule has 0 aromatic carbocycles. The van der Waals surface area contributed by atoms with Crippen LogP contribution in [0.15, 0.2) is 18.3 Å². The summed E-state index contributed by atoms with van der Waals surface area (Å²) in [4.78, 5) is 15.8. The van der Waals surface area contributed by atoms with Gasteiger partial charge in [-0.1, -0.05) is 11.6 Å². The third-order valence-electron chi connectivity index (χ3n) is 2.92. The Kier molecular flexibility index (Phi) is 4.34. The Bertz CT molecular complexity index is 391. The van der Waals surface area contributed by atoms with Crippen LogP contribution in [-0.2, 0) is 4.79 Å². The largest absolute Gasteiger partial charge is 0.317 e. The van der Waals surface area contributed by atoms with E-state index < -0.39 is 0 Å². The number of piperidine rings is 1. The number of hydrogen-bond donors (Lipinski definition) is 2. The first kappa shape index (κ1) is 12.3. The second-order valence-electron chi connectivity index (χ2n) is 4.30. The molecule has 0 bridgehead atoms. The van der Waals surface area contributed by atoms with Gasteiger partial charge in [0.05, 0.1) is 0 Å². The zero-order valence-electron chi connectivity index (χ0n) is 9.58. The van der Waals surface area contributed by atoms with E-state index >= 15 is 0 Å². The van der Waals surface area contributed by atoms with E-state index in [1.165, 1.54) is 0 Å². The van der Waals surface area contributed by atoms with Gasteiger partial charge < -0.3 is 10.6 Å². The molecule has 0 spiro atoms. The first-order valence-corrected chi connectivity index (χ1v) is 6.24. The lowest BCUT2D eigenvalue weighted by Gasteiger charge is -2.21. The highest BCUT2D eigenvalue weighted by atomic mass is 35.5. The molecule has 0 aliphatic carbocycles. The van der Waals surface area contributed by atoms with E-state index in [4.69, 9.17) is 11.6 Å². The fraction of sp³-hybridized carbons (Fsp3) is 0.500. The highest BCUT2D eigenvalue weighted by molar-refractivity contribution is 6.30. The second-order valence-corrected chi connectivity index (χ2v) is 4.74. The fourth-order valence-corrected chi connectivity index (χ4v) is 2.17. The van der Waals surface area contributed by atoms with Gasteiger partial charge in [-0.15, -0.1) is 0 Å². The van der Waals surface area contributed by atoms with Gasteiger partial charge in [-0.25, -0.2) is 4.98 Å². The maximum atomic E-state index is 11.8. The van der Waals surface area contributed by atoms with Crippen molar-refractivity contribution in [3.05, 3.63) is 23.4 Å². The number of hydrogen-bond acceptors (Lipinski definition) is 3. The average Bonchev–Trinajstić information content (AvgIpc) is 2.30. The second kappa shape index (κ2) is 5.98. The van der Waals surface area contributed by atoms with Crippen molar-refractivity contribution >= 4 is 23.3 Å². The minimum absolute atomic E-state index is 0.0201. The van der Waals surface area contributed by atoms with Crippen LogP contribution >= 0.6 is 11.6 Å². The summed E-state index contributed by atoms with van der Waals surface area (Å²) in [6, 6.07) is 3.34. The SMILES string of the molecule is O=C(CC1CCNCC1)Nc1cc(Cl)ccn1. The summed E-state index contributed by atoms with van der Waals surface area (Å²) in [5.74, 6) is 1.03. The number of amides is 1. The normalized spacial score (nSPS) is 16.8. The molecule has 2 rings (SSSR count). The Labute approximate surface area is 106 Å². The third kappa shape index (κ3) is 3.98. The van der Waals surface area contributed by atoms with Crippen LogP contribution in [0.4, 0.5) is 5.82 Å². The molecule has 1 aliphatic rings. The Morgan fingerprint density at radius 1 is 1.53 bits per heavy atom. The van der Waals surface area contributed by atoms with Crippen molar-refractivity contribution in [1.82, 2.24) is 10.3 Å². The van der Waals surface area contributed by atoms with Gasteiger partial charge in [0.2, 0.25) is 5.91 Å². The highest BCUT2D eigenvalue weighted by Gasteiger charge is 2.16. The van der Waals surface area contributed by atoms with Gasteiger partial charge in [-0.05, 0) is 44.0 Å². The van der Waals surface area contributed by atoms with Crippen LogP contribution in [0.5, 0.6) is 0 Å². The van der Waals surface area contributed by atoms with Crippen LogP contribution in [-0.4, -0.2) is 24.0 Å². The van der Waals surface area contributed by atoms with Crippen LogP contribution in [0.25, 0.3) is 0 Å². The summed E-state index contributed by atoms with van der Waals surface area (Å²) in [7, 11) is 0. The van der Waals surface area contributed by atoms with Crippen molar-refractivity contribution in [2.24, 2.45) is 5.92 Å². The van der Waals surface area contributed by atoms with Gasteiger partial charge in [-0.3, -0.25) is 4.79 Å². The van der Waals surface area contributed by atoms with Crippen molar-refractivity contribution in [2.45, 2.75) is 19.3 Å². The van der Waals surface area contributed by atoms with Gasteiger partial charge in [0, 0.05) is 17.6 Å². The van der Waals surface area contributed by atoms with Gasteiger partial charge >= 0.3 is 0 Å². The highest BCUT2D eigenvalue weighted by Crippen LogP contribution is 2.17. The number of nitrogens with one attached hydrogen (secondary N) is 2. The molecule has 1 amide bonds. The van der Waals surface area contributed by atoms with Gasteiger partial charge in [-0.2, -0.15) is 0 Å². The Morgan fingerprint density at radius 3 is 3.00 bits per heavy atom. The number of pyridine rings is 1. The first-order valence-electron chi connectivity index (χ1n) is 5.86. The third-order valence-corrected chi connectivity index (χ3v) is 3.16. The minimum Gasteiger partial charge on any atom is -0.317 e. The predicted octanol–water partition coefficient (Wildman–Crippen LogP) is 2.06. The maximum absolute atomic E-state index is 11.8. The van der Waals surface area contributed by atoms with Crippen molar-refractivity contribution in [3.63, 3.8) is 0 Å². The first-order chi connectivity index (χ1) is 8.24. The molecule has 5 heteroatoms. The summed E-state index contributed by atoms with van der Waals surface area (Å²) in [6.07, 6.45) is 4.28. The Balaban J connectivity index is 1.84. The van der Waals surface area contributed by atoms with E-state index in [1.54, 1.807) is 18.3 Å². The molecule has 1 aromatic heterocycles.